The highest BCUT2D eigenvalue weighted by atomic mass is 32.2. The molecule has 5 heterocycles. The lowest BCUT2D eigenvalue weighted by Crippen LogP contribution is -2.35. The fourth-order valence-electron chi connectivity index (χ4n) is 5.83. The maximum Gasteiger partial charge on any atom is 0.417 e. The standard InChI is InChI=1S/C28H26F3N5O4S/c29-28(30,31)23-3-1-2-21-25-22(17-41(37,38)26(21)23)24(27-32-14-20-16-40-13-10-35(20)27)33-36(25)19-6-4-18(5-7-19)15-34-8-11-39-12-9-34/h1-7,14H,8-13,15-17H2. The van der Waals surface area contributed by atoms with E-state index in [9.17, 15) is 21.6 Å². The lowest BCUT2D eigenvalue weighted by Gasteiger charge is -2.26. The smallest absolute Gasteiger partial charge is 0.379 e. The summed E-state index contributed by atoms with van der Waals surface area (Å²) in [6.45, 7) is 5.11. The number of nitrogens with zero attached hydrogens (tertiary/aromatic N) is 5. The van der Waals surface area contributed by atoms with Crippen LogP contribution in [-0.2, 0) is 50.9 Å². The minimum Gasteiger partial charge on any atom is -0.379 e. The van der Waals surface area contributed by atoms with Crippen LogP contribution in [0.5, 0.6) is 0 Å². The Balaban J connectivity index is 1.41. The molecule has 4 aromatic rings. The Labute approximate surface area is 234 Å². The van der Waals surface area contributed by atoms with Crippen LogP contribution in [0.1, 0.15) is 22.4 Å². The van der Waals surface area contributed by atoms with Gasteiger partial charge in [0.25, 0.3) is 0 Å². The van der Waals surface area contributed by atoms with Gasteiger partial charge in [-0.15, -0.1) is 0 Å². The molecule has 3 aliphatic rings. The summed E-state index contributed by atoms with van der Waals surface area (Å²) in [7, 11) is -4.35. The van der Waals surface area contributed by atoms with E-state index in [1.54, 1.807) is 10.9 Å². The Morgan fingerprint density at radius 2 is 1.71 bits per heavy atom. The first-order chi connectivity index (χ1) is 19.7. The van der Waals surface area contributed by atoms with Crippen LogP contribution in [0.4, 0.5) is 13.2 Å². The summed E-state index contributed by atoms with van der Waals surface area (Å²) in [5.74, 6) is -0.154. The average molecular weight is 586 g/mol. The van der Waals surface area contributed by atoms with E-state index in [0.717, 1.165) is 37.0 Å². The number of hydrogen-bond acceptors (Lipinski definition) is 7. The van der Waals surface area contributed by atoms with Gasteiger partial charge in [0.1, 0.15) is 5.69 Å². The fourth-order valence-corrected chi connectivity index (χ4v) is 7.65. The molecule has 0 atom stereocenters. The number of ether oxygens (including phenoxy) is 2. The first-order valence-corrected chi connectivity index (χ1v) is 14.9. The first kappa shape index (κ1) is 26.4. The number of rotatable bonds is 4. The number of aromatic nitrogens is 4. The number of hydrogen-bond donors (Lipinski definition) is 0. The molecular weight excluding hydrogens is 559 g/mol. The zero-order chi connectivity index (χ0) is 28.4. The number of imidazole rings is 1. The highest BCUT2D eigenvalue weighted by Gasteiger charge is 2.43. The van der Waals surface area contributed by atoms with Crippen LogP contribution in [0.15, 0.2) is 53.6 Å². The third-order valence-electron chi connectivity index (χ3n) is 7.75. The summed E-state index contributed by atoms with van der Waals surface area (Å²) >= 11 is 0. The van der Waals surface area contributed by atoms with E-state index < -0.39 is 32.2 Å². The van der Waals surface area contributed by atoms with E-state index in [4.69, 9.17) is 14.6 Å². The predicted octanol–water partition coefficient (Wildman–Crippen LogP) is 4.07. The van der Waals surface area contributed by atoms with Crippen molar-refractivity contribution >= 4 is 9.84 Å². The topological polar surface area (TPSA) is 91.5 Å². The van der Waals surface area contributed by atoms with Crippen molar-refractivity contribution in [3.05, 3.63) is 71.0 Å². The fraction of sp³-hybridized carbons (Fsp3) is 0.357. The summed E-state index contributed by atoms with van der Waals surface area (Å²) < 4.78 is 83.6. The van der Waals surface area contributed by atoms with E-state index in [1.165, 1.54) is 12.1 Å². The Kier molecular flexibility index (Phi) is 6.30. The third-order valence-corrected chi connectivity index (χ3v) is 9.48. The molecule has 1 fully saturated rings. The Bertz CT molecular complexity index is 1740. The largest absolute Gasteiger partial charge is 0.417 e. The minimum absolute atomic E-state index is 0.0222. The van der Waals surface area contributed by atoms with Gasteiger partial charge < -0.3 is 14.0 Å². The molecule has 41 heavy (non-hydrogen) atoms. The molecule has 0 bridgehead atoms. The zero-order valence-electron chi connectivity index (χ0n) is 21.9. The molecule has 7 rings (SSSR count). The van der Waals surface area contributed by atoms with Crippen LogP contribution in [0.2, 0.25) is 0 Å². The lowest BCUT2D eigenvalue weighted by atomic mass is 10.0. The molecule has 1 saturated heterocycles. The molecule has 2 aromatic carbocycles. The van der Waals surface area contributed by atoms with Gasteiger partial charge in [-0.05, 0) is 23.8 Å². The molecule has 9 nitrogen and oxygen atoms in total. The second-order valence-electron chi connectivity index (χ2n) is 10.4. The molecule has 3 aliphatic heterocycles. The molecule has 13 heteroatoms. The van der Waals surface area contributed by atoms with Gasteiger partial charge in [-0.2, -0.15) is 18.3 Å². The average Bonchev–Trinajstić information content (AvgIpc) is 3.54. The van der Waals surface area contributed by atoms with Gasteiger partial charge in [-0.25, -0.2) is 18.1 Å². The Hall–Kier alpha value is -3.52. The van der Waals surface area contributed by atoms with Gasteiger partial charge >= 0.3 is 6.18 Å². The van der Waals surface area contributed by atoms with Gasteiger partial charge in [0.05, 0.1) is 65.9 Å². The summed E-state index contributed by atoms with van der Waals surface area (Å²) in [5, 5.41) is 4.83. The van der Waals surface area contributed by atoms with Crippen molar-refractivity contribution < 1.29 is 31.1 Å². The van der Waals surface area contributed by atoms with Crippen LogP contribution in [-0.4, -0.2) is 65.6 Å². The van der Waals surface area contributed by atoms with Gasteiger partial charge in [0.15, 0.2) is 15.7 Å². The monoisotopic (exact) mass is 585 g/mol. The molecule has 214 valence electrons. The first-order valence-electron chi connectivity index (χ1n) is 13.3. The van der Waals surface area contributed by atoms with E-state index >= 15 is 0 Å². The number of benzene rings is 2. The number of alkyl halides is 3. The van der Waals surface area contributed by atoms with Crippen molar-refractivity contribution in [1.29, 1.82) is 0 Å². The lowest BCUT2D eigenvalue weighted by molar-refractivity contribution is -0.139. The van der Waals surface area contributed by atoms with Crippen molar-refractivity contribution in [3.63, 3.8) is 0 Å². The molecule has 0 saturated carbocycles. The molecule has 0 amide bonds. The summed E-state index contributed by atoms with van der Waals surface area (Å²) in [6.07, 6.45) is -3.18. The van der Waals surface area contributed by atoms with Crippen molar-refractivity contribution in [2.24, 2.45) is 0 Å². The van der Waals surface area contributed by atoms with Crippen molar-refractivity contribution in [1.82, 2.24) is 24.2 Å². The van der Waals surface area contributed by atoms with E-state index in [0.29, 0.717) is 61.4 Å². The van der Waals surface area contributed by atoms with E-state index in [-0.39, 0.29) is 5.56 Å². The molecule has 2 aromatic heterocycles. The maximum absolute atomic E-state index is 14.0. The predicted molar refractivity (Wildman–Crippen MR) is 142 cm³/mol. The van der Waals surface area contributed by atoms with Crippen molar-refractivity contribution in [3.8, 4) is 28.5 Å². The quantitative estimate of drug-likeness (QED) is 0.357. The number of sulfone groups is 1. The molecule has 0 spiro atoms. The summed E-state index contributed by atoms with van der Waals surface area (Å²) in [5.41, 5.74) is 2.28. The number of fused-ring (bicyclic) bond motifs is 4. The Morgan fingerprint density at radius 1 is 0.951 bits per heavy atom. The normalized spacial score (nSPS) is 18.5. The molecular formula is C28H26F3N5O4S. The SMILES string of the molecule is O=S1(=O)Cc2c(-c3ncc4n3CCOC4)nn(-c3ccc(CN4CCOCC4)cc3)c2-c2cccc(C(F)(F)F)c21. The molecule has 0 aliphatic carbocycles. The molecule has 0 unspecified atom stereocenters. The molecule has 0 N–H and O–H groups in total. The Morgan fingerprint density at radius 3 is 2.46 bits per heavy atom. The number of morpholine rings is 1. The second kappa shape index (κ2) is 9.79. The van der Waals surface area contributed by atoms with Gasteiger partial charge in [0, 0.05) is 37.3 Å². The van der Waals surface area contributed by atoms with Crippen LogP contribution >= 0.6 is 0 Å². The van der Waals surface area contributed by atoms with E-state index in [1.807, 2.05) is 28.8 Å². The van der Waals surface area contributed by atoms with E-state index in [2.05, 4.69) is 9.88 Å². The van der Waals surface area contributed by atoms with Crippen LogP contribution in [0.25, 0.3) is 28.5 Å². The highest BCUT2D eigenvalue weighted by Crippen LogP contribution is 2.47. The maximum atomic E-state index is 14.0. The summed E-state index contributed by atoms with van der Waals surface area (Å²) in [4.78, 5) is 6.12. The van der Waals surface area contributed by atoms with Crippen molar-refractivity contribution in [2.75, 3.05) is 32.9 Å². The van der Waals surface area contributed by atoms with Gasteiger partial charge in [-0.3, -0.25) is 4.90 Å². The van der Waals surface area contributed by atoms with Crippen LogP contribution in [0, 0.1) is 0 Å². The zero-order valence-corrected chi connectivity index (χ0v) is 22.7. The highest BCUT2D eigenvalue weighted by molar-refractivity contribution is 7.91. The number of halogens is 3. The second-order valence-corrected chi connectivity index (χ2v) is 12.3. The third kappa shape index (κ3) is 4.56. The summed E-state index contributed by atoms with van der Waals surface area (Å²) in [6, 6.07) is 11.1. The van der Waals surface area contributed by atoms with Gasteiger partial charge in [0.2, 0.25) is 0 Å². The van der Waals surface area contributed by atoms with Gasteiger partial charge in [-0.1, -0.05) is 24.3 Å². The molecule has 0 radical (unpaired) electrons. The van der Waals surface area contributed by atoms with Crippen molar-refractivity contribution in [2.45, 2.75) is 36.5 Å². The van der Waals surface area contributed by atoms with Crippen LogP contribution in [0.3, 0.4) is 0 Å². The minimum atomic E-state index is -4.84. The van der Waals surface area contributed by atoms with Crippen LogP contribution < -0.4 is 0 Å².